The zero-order valence-electron chi connectivity index (χ0n) is 8.61. The monoisotopic (exact) mass is 211 g/mol. The summed E-state index contributed by atoms with van der Waals surface area (Å²) in [6, 6.07) is 3.66. The quantitative estimate of drug-likeness (QED) is 0.462. The third-order valence-corrected chi connectivity index (χ3v) is 1.85. The van der Waals surface area contributed by atoms with E-state index in [1.807, 2.05) is 6.92 Å². The largest absolute Gasteiger partial charge is 0.507 e. The van der Waals surface area contributed by atoms with Gasteiger partial charge in [0.05, 0.1) is 6.21 Å². The second kappa shape index (κ2) is 6.01. The van der Waals surface area contributed by atoms with E-state index in [0.717, 1.165) is 12.8 Å². The molecule has 1 rings (SSSR count). The van der Waals surface area contributed by atoms with Crippen LogP contribution in [0.25, 0.3) is 0 Å². The molecule has 0 heterocycles. The number of hydrogen-bond donors (Lipinski definition) is 1. The number of oxime groups is 1. The van der Waals surface area contributed by atoms with E-state index in [4.69, 9.17) is 4.84 Å². The van der Waals surface area contributed by atoms with Crippen LogP contribution in [0.15, 0.2) is 23.4 Å². The molecule has 0 bridgehead atoms. The molecule has 82 valence electrons. The predicted octanol–water partition coefficient (Wildman–Crippen LogP) is 2.68. The highest BCUT2D eigenvalue weighted by molar-refractivity contribution is 5.82. The van der Waals surface area contributed by atoms with Crippen molar-refractivity contribution in [3.8, 4) is 5.75 Å². The molecule has 1 N–H and O–H groups in total. The Morgan fingerprint density at radius 2 is 2.33 bits per heavy atom. The topological polar surface area (TPSA) is 41.8 Å². The minimum atomic E-state index is -0.414. The number of benzene rings is 1. The number of phenols is 1. The van der Waals surface area contributed by atoms with Crippen molar-refractivity contribution in [3.63, 3.8) is 0 Å². The van der Waals surface area contributed by atoms with Gasteiger partial charge in [-0.15, -0.1) is 0 Å². The Morgan fingerprint density at radius 1 is 1.53 bits per heavy atom. The van der Waals surface area contributed by atoms with Crippen LogP contribution in [-0.4, -0.2) is 17.9 Å². The normalized spacial score (nSPS) is 10.8. The van der Waals surface area contributed by atoms with Gasteiger partial charge >= 0.3 is 0 Å². The lowest BCUT2D eigenvalue weighted by Crippen LogP contribution is -1.89. The van der Waals surface area contributed by atoms with E-state index in [0.29, 0.717) is 12.2 Å². The zero-order chi connectivity index (χ0) is 11.1. The van der Waals surface area contributed by atoms with Gasteiger partial charge in [-0.25, -0.2) is 4.39 Å². The molecular formula is C11H14FNO2. The molecule has 4 heteroatoms. The van der Waals surface area contributed by atoms with Crippen LogP contribution < -0.4 is 0 Å². The third kappa shape index (κ3) is 3.97. The molecule has 0 spiro atoms. The fourth-order valence-corrected chi connectivity index (χ4v) is 0.984. The molecule has 1 aromatic rings. The maximum absolute atomic E-state index is 12.8. The summed E-state index contributed by atoms with van der Waals surface area (Å²) in [5.41, 5.74) is 0.312. The van der Waals surface area contributed by atoms with Crippen molar-refractivity contribution in [2.24, 2.45) is 5.16 Å². The molecule has 0 amide bonds. The van der Waals surface area contributed by atoms with E-state index in [1.54, 1.807) is 0 Å². The Kier molecular flexibility index (Phi) is 4.60. The molecule has 0 unspecified atom stereocenters. The van der Waals surface area contributed by atoms with Crippen molar-refractivity contribution in [2.75, 3.05) is 6.61 Å². The first-order chi connectivity index (χ1) is 7.24. The van der Waals surface area contributed by atoms with Crippen LogP contribution in [0.2, 0.25) is 0 Å². The van der Waals surface area contributed by atoms with E-state index in [1.165, 1.54) is 24.4 Å². The fraction of sp³-hybridized carbons (Fsp3) is 0.364. The van der Waals surface area contributed by atoms with Gasteiger partial charge in [0.1, 0.15) is 18.2 Å². The molecule has 0 fully saturated rings. The minimum Gasteiger partial charge on any atom is -0.507 e. The van der Waals surface area contributed by atoms with E-state index < -0.39 is 5.82 Å². The predicted molar refractivity (Wildman–Crippen MR) is 56.5 cm³/mol. The van der Waals surface area contributed by atoms with Crippen LogP contribution in [0.5, 0.6) is 5.75 Å². The van der Waals surface area contributed by atoms with E-state index in [2.05, 4.69) is 5.16 Å². The number of hydrogen-bond acceptors (Lipinski definition) is 3. The first-order valence-corrected chi connectivity index (χ1v) is 4.88. The Labute approximate surface area is 88.2 Å². The molecule has 0 aliphatic rings. The van der Waals surface area contributed by atoms with Gasteiger partial charge in [0.2, 0.25) is 0 Å². The molecule has 0 aliphatic heterocycles. The number of rotatable bonds is 5. The summed E-state index contributed by atoms with van der Waals surface area (Å²) in [6.07, 6.45) is 3.25. The number of nitrogens with zero attached hydrogens (tertiary/aromatic N) is 1. The SMILES string of the molecule is CCCCO/N=C/c1cc(F)ccc1O. The van der Waals surface area contributed by atoms with E-state index in [9.17, 15) is 9.50 Å². The van der Waals surface area contributed by atoms with Crippen LogP contribution in [0.3, 0.4) is 0 Å². The molecule has 1 aromatic carbocycles. The first-order valence-electron chi connectivity index (χ1n) is 4.88. The summed E-state index contributed by atoms with van der Waals surface area (Å²) < 4.78 is 12.8. The van der Waals surface area contributed by atoms with Crippen molar-refractivity contribution in [1.29, 1.82) is 0 Å². The highest BCUT2D eigenvalue weighted by Gasteiger charge is 1.99. The lowest BCUT2D eigenvalue weighted by Gasteiger charge is -1.99. The minimum absolute atomic E-state index is 0.0146. The molecule has 3 nitrogen and oxygen atoms in total. The average molecular weight is 211 g/mol. The second-order valence-electron chi connectivity index (χ2n) is 3.12. The Hall–Kier alpha value is -1.58. The van der Waals surface area contributed by atoms with Gasteiger partial charge in [0.15, 0.2) is 0 Å². The van der Waals surface area contributed by atoms with Crippen LogP contribution in [0, 0.1) is 5.82 Å². The van der Waals surface area contributed by atoms with Crippen LogP contribution in [0.1, 0.15) is 25.3 Å². The van der Waals surface area contributed by atoms with Crippen molar-refractivity contribution in [2.45, 2.75) is 19.8 Å². The molecule has 15 heavy (non-hydrogen) atoms. The third-order valence-electron chi connectivity index (χ3n) is 1.85. The van der Waals surface area contributed by atoms with Crippen molar-refractivity contribution >= 4 is 6.21 Å². The lowest BCUT2D eigenvalue weighted by atomic mass is 10.2. The number of aromatic hydroxyl groups is 1. The molecule has 0 radical (unpaired) electrons. The van der Waals surface area contributed by atoms with Gasteiger partial charge in [-0.2, -0.15) is 0 Å². The Morgan fingerprint density at radius 3 is 3.07 bits per heavy atom. The average Bonchev–Trinajstić information content (AvgIpc) is 2.23. The number of halogens is 1. The molecule has 0 saturated heterocycles. The van der Waals surface area contributed by atoms with Gasteiger partial charge in [-0.1, -0.05) is 18.5 Å². The van der Waals surface area contributed by atoms with Crippen molar-refractivity contribution in [3.05, 3.63) is 29.6 Å². The van der Waals surface area contributed by atoms with Gasteiger partial charge in [0, 0.05) is 5.56 Å². The van der Waals surface area contributed by atoms with Crippen molar-refractivity contribution < 1.29 is 14.3 Å². The summed E-state index contributed by atoms with van der Waals surface area (Å²) in [5, 5.41) is 13.0. The fourth-order valence-electron chi connectivity index (χ4n) is 0.984. The standard InChI is InChI=1S/C11H14FNO2/c1-2-3-6-15-13-8-9-7-10(12)4-5-11(9)14/h4-5,7-8,14H,2-3,6H2,1H3/b13-8+. The molecule has 0 aliphatic carbocycles. The van der Waals surface area contributed by atoms with Crippen LogP contribution in [-0.2, 0) is 4.84 Å². The van der Waals surface area contributed by atoms with Gasteiger partial charge in [-0.3, -0.25) is 0 Å². The van der Waals surface area contributed by atoms with Gasteiger partial charge in [-0.05, 0) is 24.6 Å². The summed E-state index contributed by atoms with van der Waals surface area (Å²) in [4.78, 5) is 4.91. The molecule has 0 saturated carbocycles. The van der Waals surface area contributed by atoms with Crippen LogP contribution in [0.4, 0.5) is 4.39 Å². The molecule has 0 aromatic heterocycles. The van der Waals surface area contributed by atoms with Gasteiger partial charge in [0.25, 0.3) is 0 Å². The highest BCUT2D eigenvalue weighted by atomic mass is 19.1. The summed E-state index contributed by atoms with van der Waals surface area (Å²) in [7, 11) is 0. The summed E-state index contributed by atoms with van der Waals surface area (Å²) in [5.74, 6) is -0.429. The Balaban J connectivity index is 2.52. The summed E-state index contributed by atoms with van der Waals surface area (Å²) in [6.45, 7) is 2.58. The number of unbranched alkanes of at least 4 members (excludes halogenated alkanes) is 1. The maximum atomic E-state index is 12.8. The second-order valence-corrected chi connectivity index (χ2v) is 3.12. The van der Waals surface area contributed by atoms with Gasteiger partial charge < -0.3 is 9.94 Å². The summed E-state index contributed by atoms with van der Waals surface area (Å²) >= 11 is 0. The van der Waals surface area contributed by atoms with E-state index >= 15 is 0 Å². The first kappa shape index (κ1) is 11.5. The smallest absolute Gasteiger partial charge is 0.124 e. The zero-order valence-corrected chi connectivity index (χ0v) is 8.61. The van der Waals surface area contributed by atoms with E-state index in [-0.39, 0.29) is 5.75 Å². The highest BCUT2D eigenvalue weighted by Crippen LogP contribution is 2.15. The lowest BCUT2D eigenvalue weighted by molar-refractivity contribution is 0.142. The Bertz CT molecular complexity index is 339. The van der Waals surface area contributed by atoms with Crippen molar-refractivity contribution in [1.82, 2.24) is 0 Å². The molecular weight excluding hydrogens is 197 g/mol. The van der Waals surface area contributed by atoms with Crippen LogP contribution >= 0.6 is 0 Å². The number of phenolic OH excluding ortho intramolecular Hbond substituents is 1. The molecule has 0 atom stereocenters. The maximum Gasteiger partial charge on any atom is 0.124 e.